The van der Waals surface area contributed by atoms with E-state index < -0.39 is 22.6 Å². The van der Waals surface area contributed by atoms with Crippen molar-refractivity contribution in [2.24, 2.45) is 11.8 Å². The molecule has 1 N–H and O–H groups in total. The number of amides is 2. The van der Waals surface area contributed by atoms with E-state index in [0.29, 0.717) is 32.2 Å². The van der Waals surface area contributed by atoms with Crippen molar-refractivity contribution in [3.05, 3.63) is 49.6 Å². The van der Waals surface area contributed by atoms with Gasteiger partial charge in [-0.1, -0.05) is 29.5 Å². The number of carbonyl (C=O) groups is 3. The fourth-order valence-electron chi connectivity index (χ4n) is 6.40. The van der Waals surface area contributed by atoms with Gasteiger partial charge in [0, 0.05) is 24.9 Å². The van der Waals surface area contributed by atoms with Crippen LogP contribution in [0, 0.1) is 11.8 Å². The number of fused-ring (bicyclic) bond motifs is 2. The van der Waals surface area contributed by atoms with Crippen LogP contribution in [0.5, 0.6) is 0 Å². The highest BCUT2D eigenvalue weighted by molar-refractivity contribution is 8.02. The second-order valence-corrected chi connectivity index (χ2v) is 11.9. The lowest BCUT2D eigenvalue weighted by Crippen LogP contribution is -2.55. The summed E-state index contributed by atoms with van der Waals surface area (Å²) in [5.41, 5.74) is 1.53. The van der Waals surface area contributed by atoms with Gasteiger partial charge in [-0.05, 0) is 44.2 Å². The topological polar surface area (TPSA) is 118 Å². The van der Waals surface area contributed by atoms with Gasteiger partial charge >= 0.3 is 5.97 Å². The minimum absolute atomic E-state index is 0.00621. The molecule has 3 fully saturated rings. The second-order valence-electron chi connectivity index (χ2n) is 10.3. The van der Waals surface area contributed by atoms with Crippen LogP contribution in [-0.2, 0) is 25.8 Å². The molecular formula is C28H35N5O5S. The zero-order valence-electron chi connectivity index (χ0n) is 22.0. The summed E-state index contributed by atoms with van der Waals surface area (Å²) in [4.78, 5) is 45.0. The van der Waals surface area contributed by atoms with Crippen molar-refractivity contribution in [3.8, 4) is 0 Å². The Kier molecular flexibility index (Phi) is 8.08. The Morgan fingerprint density at radius 1 is 1.26 bits per heavy atom. The van der Waals surface area contributed by atoms with E-state index in [1.807, 2.05) is 24.3 Å². The lowest BCUT2D eigenvalue weighted by atomic mass is 9.71. The van der Waals surface area contributed by atoms with Crippen molar-refractivity contribution < 1.29 is 24.2 Å². The number of ether oxygens (including phenoxy) is 1. The third-order valence-corrected chi connectivity index (χ3v) is 10.0. The van der Waals surface area contributed by atoms with Crippen LogP contribution in [-0.4, -0.2) is 90.0 Å². The molecule has 3 saturated heterocycles. The third kappa shape index (κ3) is 4.75. The summed E-state index contributed by atoms with van der Waals surface area (Å²) in [6.07, 6.45) is 6.41. The number of aliphatic hydroxyl groups is 1. The standard InChI is InChI=1S/C28H35N5O5S/c1-3-5-17-38-27(37)22-21-12-13-28(39-21)23(22)25(35)32(15-8-9-16-34)24(28)26(36)31(14-4-2)18-33-20-11-7-6-10-19(20)29-30-33/h3-4,6-7,10-11,21-24,34H,1-2,5,8-9,12-18H2/t21-,22+,23+,24?,28?/m1/s1. The molecule has 2 bridgehead atoms. The predicted octanol–water partition coefficient (Wildman–Crippen LogP) is 2.39. The Morgan fingerprint density at radius 3 is 2.85 bits per heavy atom. The predicted molar refractivity (Wildman–Crippen MR) is 147 cm³/mol. The highest BCUT2D eigenvalue weighted by Gasteiger charge is 2.74. The highest BCUT2D eigenvalue weighted by atomic mass is 32.2. The van der Waals surface area contributed by atoms with Gasteiger partial charge in [0.1, 0.15) is 18.2 Å². The van der Waals surface area contributed by atoms with Gasteiger partial charge in [0.2, 0.25) is 11.8 Å². The first-order valence-electron chi connectivity index (χ1n) is 13.5. The minimum Gasteiger partial charge on any atom is -0.465 e. The number of thioether (sulfide) groups is 1. The van der Waals surface area contributed by atoms with E-state index in [-0.39, 0.29) is 49.5 Å². The van der Waals surface area contributed by atoms with Crippen molar-refractivity contribution in [2.75, 3.05) is 26.3 Å². The third-order valence-electron chi connectivity index (χ3n) is 8.07. The smallest absolute Gasteiger partial charge is 0.310 e. The van der Waals surface area contributed by atoms with Gasteiger partial charge in [-0.2, -0.15) is 0 Å². The molecular weight excluding hydrogens is 518 g/mol. The first-order chi connectivity index (χ1) is 19.0. The summed E-state index contributed by atoms with van der Waals surface area (Å²) >= 11 is 1.61. The SMILES string of the molecule is C=CCCOC(=O)[C@@H]1[C@H]2C(=O)N(CCCCO)C(C(=O)N(CC=C)Cn3nnc4ccccc43)C23CC[C@H]1S3. The molecule has 2 unspecified atom stereocenters. The molecule has 0 saturated carbocycles. The summed E-state index contributed by atoms with van der Waals surface area (Å²) in [6, 6.07) is 6.81. The van der Waals surface area contributed by atoms with Crippen LogP contribution in [0.2, 0.25) is 0 Å². The van der Waals surface area contributed by atoms with E-state index in [0.717, 1.165) is 17.5 Å². The molecule has 4 heterocycles. The molecule has 11 heteroatoms. The van der Waals surface area contributed by atoms with E-state index in [1.54, 1.807) is 38.4 Å². The zero-order chi connectivity index (χ0) is 27.6. The van der Waals surface area contributed by atoms with Crippen molar-refractivity contribution in [3.63, 3.8) is 0 Å². The number of nitrogens with zero attached hydrogens (tertiary/aromatic N) is 5. The summed E-state index contributed by atoms with van der Waals surface area (Å²) in [5.74, 6) is -1.92. The number of carbonyl (C=O) groups excluding carboxylic acids is 3. The molecule has 3 aliphatic heterocycles. The maximum absolute atomic E-state index is 14.4. The number of para-hydroxylation sites is 1. The molecule has 1 aromatic carbocycles. The van der Waals surface area contributed by atoms with Crippen molar-refractivity contribution in [1.82, 2.24) is 24.8 Å². The molecule has 0 radical (unpaired) electrons. The van der Waals surface area contributed by atoms with Crippen LogP contribution in [0.1, 0.15) is 32.1 Å². The van der Waals surface area contributed by atoms with Crippen LogP contribution in [0.4, 0.5) is 0 Å². The van der Waals surface area contributed by atoms with Crippen LogP contribution >= 0.6 is 11.8 Å². The summed E-state index contributed by atoms with van der Waals surface area (Å²) in [5, 5.41) is 17.8. The molecule has 1 spiro atoms. The lowest BCUT2D eigenvalue weighted by Gasteiger charge is -2.37. The number of likely N-dealkylation sites (tertiary alicyclic amines) is 1. The molecule has 5 atom stereocenters. The minimum atomic E-state index is -0.732. The quantitative estimate of drug-likeness (QED) is 0.228. The maximum Gasteiger partial charge on any atom is 0.310 e. The van der Waals surface area contributed by atoms with E-state index in [1.165, 1.54) is 0 Å². The van der Waals surface area contributed by atoms with Crippen molar-refractivity contribution in [1.29, 1.82) is 0 Å². The van der Waals surface area contributed by atoms with Gasteiger partial charge in [0.05, 0.1) is 28.7 Å². The molecule has 1 aromatic heterocycles. The number of unbranched alkanes of at least 4 members (excludes halogenated alkanes) is 1. The number of esters is 1. The highest BCUT2D eigenvalue weighted by Crippen LogP contribution is 2.66. The average molecular weight is 554 g/mol. The Morgan fingerprint density at radius 2 is 2.08 bits per heavy atom. The zero-order valence-corrected chi connectivity index (χ0v) is 22.8. The molecule has 208 valence electrons. The van der Waals surface area contributed by atoms with Gasteiger partial charge in [0.15, 0.2) is 0 Å². The van der Waals surface area contributed by atoms with Gasteiger partial charge in [-0.3, -0.25) is 14.4 Å². The van der Waals surface area contributed by atoms with E-state index in [2.05, 4.69) is 23.5 Å². The molecule has 0 aliphatic carbocycles. The van der Waals surface area contributed by atoms with Gasteiger partial charge in [0.25, 0.3) is 0 Å². The monoisotopic (exact) mass is 553 g/mol. The Balaban J connectivity index is 1.47. The number of hydrogen-bond donors (Lipinski definition) is 1. The Labute approximate surface area is 232 Å². The van der Waals surface area contributed by atoms with Gasteiger partial charge in [-0.25, -0.2) is 4.68 Å². The number of rotatable bonds is 13. The summed E-state index contributed by atoms with van der Waals surface area (Å²) < 4.78 is 6.52. The van der Waals surface area contributed by atoms with E-state index >= 15 is 0 Å². The summed E-state index contributed by atoms with van der Waals surface area (Å²) in [6.45, 7) is 8.53. The summed E-state index contributed by atoms with van der Waals surface area (Å²) in [7, 11) is 0. The lowest BCUT2D eigenvalue weighted by molar-refractivity contribution is -0.154. The molecule has 3 aliphatic rings. The molecule has 10 nitrogen and oxygen atoms in total. The van der Waals surface area contributed by atoms with E-state index in [9.17, 15) is 19.5 Å². The Hall–Kier alpha value is -3.18. The van der Waals surface area contributed by atoms with Crippen LogP contribution < -0.4 is 0 Å². The number of aliphatic hydroxyl groups excluding tert-OH is 1. The molecule has 5 rings (SSSR count). The van der Waals surface area contributed by atoms with E-state index in [4.69, 9.17) is 4.74 Å². The largest absolute Gasteiger partial charge is 0.465 e. The van der Waals surface area contributed by atoms with Crippen molar-refractivity contribution >= 4 is 40.6 Å². The average Bonchev–Trinajstić information content (AvgIpc) is 3.68. The number of hydrogen-bond acceptors (Lipinski definition) is 8. The first kappa shape index (κ1) is 27.4. The molecule has 2 aromatic rings. The molecule has 39 heavy (non-hydrogen) atoms. The van der Waals surface area contributed by atoms with Gasteiger partial charge in [-0.15, -0.1) is 30.0 Å². The fourth-order valence-corrected chi connectivity index (χ4v) is 8.60. The van der Waals surface area contributed by atoms with Crippen LogP contribution in [0.3, 0.4) is 0 Å². The van der Waals surface area contributed by atoms with Crippen LogP contribution in [0.25, 0.3) is 11.0 Å². The Bertz CT molecular complexity index is 1270. The second kappa shape index (κ2) is 11.5. The normalized spacial score (nSPS) is 27.1. The maximum atomic E-state index is 14.4. The number of aromatic nitrogens is 3. The number of benzene rings is 1. The first-order valence-corrected chi connectivity index (χ1v) is 14.4. The fraction of sp³-hybridized carbons (Fsp3) is 0.536. The van der Waals surface area contributed by atoms with Gasteiger partial charge < -0.3 is 19.6 Å². The molecule has 2 amide bonds. The van der Waals surface area contributed by atoms with Crippen LogP contribution in [0.15, 0.2) is 49.6 Å². The van der Waals surface area contributed by atoms with Crippen molar-refractivity contribution in [2.45, 2.75) is 54.8 Å².